The van der Waals surface area contributed by atoms with Crippen molar-refractivity contribution < 1.29 is 19.4 Å². The first kappa shape index (κ1) is 22.0. The van der Waals surface area contributed by atoms with Gasteiger partial charge in [-0.1, -0.05) is 15.9 Å². The van der Waals surface area contributed by atoms with Gasteiger partial charge in [0, 0.05) is 4.47 Å². The SMILES string of the molecule is COc1cc(C=Nn2c(C)nc3ccc(Br)cc3c2=O)cc(Br)c1O[C@H](C)C(=O)O. The molecule has 3 aromatic rings. The fourth-order valence-corrected chi connectivity index (χ4v) is 3.59. The number of methoxy groups -OCH3 is 1. The summed E-state index contributed by atoms with van der Waals surface area (Å²) in [5.41, 5.74) is 0.900. The first-order valence-electron chi connectivity index (χ1n) is 8.71. The molecule has 0 aliphatic rings. The molecule has 0 unspecified atom stereocenters. The molecule has 30 heavy (non-hydrogen) atoms. The van der Waals surface area contributed by atoms with Crippen molar-refractivity contribution in [3.63, 3.8) is 0 Å². The summed E-state index contributed by atoms with van der Waals surface area (Å²) in [6.07, 6.45) is 0.427. The lowest BCUT2D eigenvalue weighted by molar-refractivity contribution is -0.144. The Balaban J connectivity index is 2.01. The van der Waals surface area contributed by atoms with Crippen LogP contribution in [-0.2, 0) is 4.79 Å². The summed E-state index contributed by atoms with van der Waals surface area (Å²) in [7, 11) is 1.45. The Morgan fingerprint density at radius 2 is 2.03 bits per heavy atom. The van der Waals surface area contributed by atoms with Crippen molar-refractivity contribution >= 4 is 54.9 Å². The predicted octanol–water partition coefficient (Wildman–Crippen LogP) is 3.97. The van der Waals surface area contributed by atoms with Crippen LogP contribution in [0, 0.1) is 6.92 Å². The standard InChI is InChI=1S/C20H17Br2N3O5/c1-10(20(27)28)30-18-15(22)6-12(7-17(18)29-3)9-23-25-11(2)24-16-5-4-13(21)8-14(16)19(25)26/h4-10H,1-3H3,(H,27,28)/t10-/m1/s1. The van der Waals surface area contributed by atoms with E-state index in [4.69, 9.17) is 14.6 Å². The number of aryl methyl sites for hydroxylation is 1. The number of halogens is 2. The van der Waals surface area contributed by atoms with Crippen LogP contribution in [0.3, 0.4) is 0 Å². The van der Waals surface area contributed by atoms with Crippen LogP contribution in [0.25, 0.3) is 10.9 Å². The van der Waals surface area contributed by atoms with Crippen molar-refractivity contribution in [2.24, 2.45) is 5.10 Å². The molecule has 0 amide bonds. The van der Waals surface area contributed by atoms with Gasteiger partial charge in [0.1, 0.15) is 5.82 Å². The van der Waals surface area contributed by atoms with Gasteiger partial charge in [-0.15, -0.1) is 0 Å². The van der Waals surface area contributed by atoms with Gasteiger partial charge < -0.3 is 14.6 Å². The Labute approximate surface area is 188 Å². The van der Waals surface area contributed by atoms with E-state index in [0.29, 0.717) is 32.5 Å². The van der Waals surface area contributed by atoms with E-state index in [9.17, 15) is 9.59 Å². The number of hydrogen-bond donors (Lipinski definition) is 1. The molecular formula is C20H17Br2N3O5. The third kappa shape index (κ3) is 4.54. The lowest BCUT2D eigenvalue weighted by Gasteiger charge is -2.16. The van der Waals surface area contributed by atoms with E-state index in [2.05, 4.69) is 41.9 Å². The van der Waals surface area contributed by atoms with Crippen molar-refractivity contribution in [1.82, 2.24) is 9.66 Å². The Morgan fingerprint density at radius 3 is 2.70 bits per heavy atom. The summed E-state index contributed by atoms with van der Waals surface area (Å²) in [6, 6.07) is 8.59. The fraction of sp³-hybridized carbons (Fsp3) is 0.200. The summed E-state index contributed by atoms with van der Waals surface area (Å²) >= 11 is 6.73. The van der Waals surface area contributed by atoms with Crippen LogP contribution in [0.1, 0.15) is 18.3 Å². The molecule has 0 fully saturated rings. The van der Waals surface area contributed by atoms with Crippen molar-refractivity contribution in [2.45, 2.75) is 20.0 Å². The summed E-state index contributed by atoms with van der Waals surface area (Å²) in [5.74, 6) is -0.0779. The fourth-order valence-electron chi connectivity index (χ4n) is 2.68. The van der Waals surface area contributed by atoms with Gasteiger partial charge in [-0.05, 0) is 65.7 Å². The highest BCUT2D eigenvalue weighted by molar-refractivity contribution is 9.10. The first-order chi connectivity index (χ1) is 14.2. The molecule has 0 bridgehead atoms. The molecule has 2 aromatic carbocycles. The van der Waals surface area contributed by atoms with Crippen LogP contribution in [0.2, 0.25) is 0 Å². The number of aromatic nitrogens is 2. The van der Waals surface area contributed by atoms with Crippen LogP contribution < -0.4 is 15.0 Å². The highest BCUT2D eigenvalue weighted by Crippen LogP contribution is 2.37. The van der Waals surface area contributed by atoms with Gasteiger partial charge in [-0.25, -0.2) is 9.78 Å². The van der Waals surface area contributed by atoms with Gasteiger partial charge in [-0.2, -0.15) is 9.78 Å². The van der Waals surface area contributed by atoms with Crippen LogP contribution in [0.5, 0.6) is 11.5 Å². The van der Waals surface area contributed by atoms with E-state index >= 15 is 0 Å². The first-order valence-corrected chi connectivity index (χ1v) is 10.3. The van der Waals surface area contributed by atoms with Crippen molar-refractivity contribution in [3.8, 4) is 11.5 Å². The Morgan fingerprint density at radius 1 is 1.30 bits per heavy atom. The molecule has 0 saturated carbocycles. The summed E-state index contributed by atoms with van der Waals surface area (Å²) in [4.78, 5) is 28.3. The van der Waals surface area contributed by atoms with Crippen LogP contribution in [-0.4, -0.2) is 40.2 Å². The van der Waals surface area contributed by atoms with Gasteiger partial charge in [0.05, 0.1) is 28.7 Å². The number of carboxylic acids is 1. The molecule has 0 aliphatic heterocycles. The van der Waals surface area contributed by atoms with E-state index in [1.54, 1.807) is 31.2 Å². The molecule has 1 heterocycles. The number of fused-ring (bicyclic) bond motifs is 1. The maximum absolute atomic E-state index is 12.8. The monoisotopic (exact) mass is 537 g/mol. The average Bonchev–Trinajstić information content (AvgIpc) is 2.69. The number of aliphatic carboxylic acids is 1. The lowest BCUT2D eigenvalue weighted by atomic mass is 10.2. The number of carbonyl (C=O) groups is 1. The van der Waals surface area contributed by atoms with E-state index in [1.807, 2.05) is 6.07 Å². The van der Waals surface area contributed by atoms with Crippen molar-refractivity contribution in [1.29, 1.82) is 0 Å². The molecule has 0 saturated heterocycles. The number of rotatable bonds is 6. The molecule has 1 N–H and O–H groups in total. The zero-order chi connectivity index (χ0) is 22.0. The van der Waals surface area contributed by atoms with Crippen molar-refractivity contribution in [3.05, 3.63) is 61.0 Å². The Kier molecular flexibility index (Phi) is 6.57. The van der Waals surface area contributed by atoms with Crippen LogP contribution in [0.4, 0.5) is 0 Å². The molecule has 10 heteroatoms. The highest BCUT2D eigenvalue weighted by atomic mass is 79.9. The second-order valence-corrected chi connectivity index (χ2v) is 8.08. The minimum atomic E-state index is -1.10. The minimum absolute atomic E-state index is 0.259. The van der Waals surface area contributed by atoms with Gasteiger partial charge >= 0.3 is 5.97 Å². The smallest absolute Gasteiger partial charge is 0.344 e. The van der Waals surface area contributed by atoms with Crippen LogP contribution in [0.15, 0.2) is 49.2 Å². The topological polar surface area (TPSA) is 103 Å². The Hall–Kier alpha value is -2.72. The van der Waals surface area contributed by atoms with Gasteiger partial charge in [0.15, 0.2) is 17.6 Å². The second-order valence-electron chi connectivity index (χ2n) is 6.31. The summed E-state index contributed by atoms with van der Waals surface area (Å²) < 4.78 is 13.3. The molecule has 156 valence electrons. The average molecular weight is 539 g/mol. The lowest BCUT2D eigenvalue weighted by Crippen LogP contribution is -2.23. The van der Waals surface area contributed by atoms with E-state index in [-0.39, 0.29) is 11.3 Å². The van der Waals surface area contributed by atoms with Gasteiger partial charge in [-0.3, -0.25) is 4.79 Å². The minimum Gasteiger partial charge on any atom is -0.493 e. The molecular weight excluding hydrogens is 522 g/mol. The van der Waals surface area contributed by atoms with E-state index < -0.39 is 12.1 Å². The molecule has 3 rings (SSSR count). The second kappa shape index (κ2) is 8.97. The molecule has 8 nitrogen and oxygen atoms in total. The molecule has 1 aromatic heterocycles. The largest absolute Gasteiger partial charge is 0.493 e. The maximum Gasteiger partial charge on any atom is 0.344 e. The normalized spacial score (nSPS) is 12.3. The third-order valence-corrected chi connectivity index (χ3v) is 5.27. The van der Waals surface area contributed by atoms with Crippen LogP contribution >= 0.6 is 31.9 Å². The number of ether oxygens (including phenoxy) is 2. The highest BCUT2D eigenvalue weighted by Gasteiger charge is 2.18. The maximum atomic E-state index is 12.8. The van der Waals surface area contributed by atoms with E-state index in [0.717, 1.165) is 4.47 Å². The molecule has 0 aliphatic carbocycles. The molecule has 0 spiro atoms. The summed E-state index contributed by atoms with van der Waals surface area (Å²) in [6.45, 7) is 3.12. The quantitative estimate of drug-likeness (QED) is 0.476. The molecule has 0 radical (unpaired) electrons. The molecule has 1 atom stereocenters. The zero-order valence-corrected chi connectivity index (χ0v) is 19.4. The van der Waals surface area contributed by atoms with Gasteiger partial charge in [0.2, 0.25) is 0 Å². The number of hydrogen-bond acceptors (Lipinski definition) is 6. The predicted molar refractivity (Wildman–Crippen MR) is 120 cm³/mol. The van der Waals surface area contributed by atoms with Crippen molar-refractivity contribution in [2.75, 3.05) is 7.11 Å². The number of benzene rings is 2. The van der Waals surface area contributed by atoms with Gasteiger partial charge in [0.25, 0.3) is 5.56 Å². The summed E-state index contributed by atoms with van der Waals surface area (Å²) in [5, 5.41) is 13.8. The number of carboxylic acid groups (broad SMARTS) is 1. The third-order valence-electron chi connectivity index (χ3n) is 4.19. The zero-order valence-electron chi connectivity index (χ0n) is 16.2. The Bertz CT molecular complexity index is 1220. The van der Waals surface area contributed by atoms with E-state index in [1.165, 1.54) is 24.9 Å². The number of nitrogens with zero attached hydrogens (tertiary/aromatic N) is 3.